The molecule has 43 heavy (non-hydrogen) atoms. The standard InChI is InChI=1S/C32H23BrCl2N2O5S/c1-41-27-14-20(13-25(33)29(27)42-18-22-11-12-23(34)16-26(22)35)15-28-30(38)37(17-19-7-9-21(10-8-19)31(39)40)32(43-28)36-24-5-3-2-4-6-24/h2-16H,17-18H2,1H3,(H,39,40)/b28-15-,36-32?. The van der Waals surface area contributed by atoms with Gasteiger partial charge in [0.2, 0.25) is 0 Å². The van der Waals surface area contributed by atoms with Gasteiger partial charge in [-0.1, -0.05) is 59.6 Å². The molecule has 1 N–H and O–H groups in total. The van der Waals surface area contributed by atoms with E-state index < -0.39 is 5.97 Å². The summed E-state index contributed by atoms with van der Waals surface area (Å²) in [5.74, 6) is -0.286. The SMILES string of the molecule is COc1cc(/C=C2\SC(=Nc3ccccc3)N(Cc3ccc(C(=O)O)cc3)C2=O)cc(Br)c1OCc1ccc(Cl)cc1Cl. The van der Waals surface area contributed by atoms with Gasteiger partial charge in [0.15, 0.2) is 16.7 Å². The zero-order valence-corrected chi connectivity index (χ0v) is 26.5. The van der Waals surface area contributed by atoms with E-state index in [2.05, 4.69) is 15.9 Å². The Bertz CT molecular complexity index is 1750. The van der Waals surface area contributed by atoms with Gasteiger partial charge in [-0.05, 0) is 93.4 Å². The van der Waals surface area contributed by atoms with Crippen molar-refractivity contribution in [1.82, 2.24) is 4.90 Å². The van der Waals surface area contributed by atoms with E-state index >= 15 is 0 Å². The number of rotatable bonds is 9. The molecule has 0 spiro atoms. The summed E-state index contributed by atoms with van der Waals surface area (Å²) in [6.07, 6.45) is 1.77. The number of ether oxygens (including phenoxy) is 2. The van der Waals surface area contributed by atoms with E-state index in [1.807, 2.05) is 36.4 Å². The molecule has 1 amide bonds. The monoisotopic (exact) mass is 696 g/mol. The van der Waals surface area contributed by atoms with Crippen molar-refractivity contribution in [2.45, 2.75) is 13.2 Å². The van der Waals surface area contributed by atoms with Gasteiger partial charge in [0.1, 0.15) is 6.61 Å². The summed E-state index contributed by atoms with van der Waals surface area (Å²) in [5.41, 5.74) is 3.13. The molecule has 1 fully saturated rings. The fourth-order valence-corrected chi connectivity index (χ4v) is 6.22. The van der Waals surface area contributed by atoms with Gasteiger partial charge in [-0.2, -0.15) is 0 Å². The molecule has 4 aromatic rings. The van der Waals surface area contributed by atoms with Crippen molar-refractivity contribution in [2.75, 3.05) is 7.11 Å². The summed E-state index contributed by atoms with van der Waals surface area (Å²) < 4.78 is 12.3. The summed E-state index contributed by atoms with van der Waals surface area (Å²) in [7, 11) is 1.54. The van der Waals surface area contributed by atoms with Gasteiger partial charge < -0.3 is 14.6 Å². The molecular weight excluding hydrogens is 675 g/mol. The predicted octanol–water partition coefficient (Wildman–Crippen LogP) is 8.85. The number of nitrogens with zero attached hydrogens (tertiary/aromatic N) is 2. The van der Waals surface area contributed by atoms with E-state index in [0.717, 1.165) is 11.1 Å². The first-order valence-corrected chi connectivity index (χ1v) is 15.2. The fraction of sp³-hybridized carbons (Fsp3) is 0.0938. The molecule has 0 unspecified atom stereocenters. The van der Waals surface area contributed by atoms with Crippen molar-refractivity contribution in [3.63, 3.8) is 0 Å². The van der Waals surface area contributed by atoms with E-state index in [4.69, 9.17) is 37.7 Å². The van der Waals surface area contributed by atoms with Crippen LogP contribution in [0.25, 0.3) is 6.08 Å². The van der Waals surface area contributed by atoms with Crippen molar-refractivity contribution < 1.29 is 24.2 Å². The summed E-state index contributed by atoms with van der Waals surface area (Å²) in [5, 5.41) is 10.8. The zero-order chi connectivity index (χ0) is 30.5. The number of benzene rings is 4. The molecule has 11 heteroatoms. The second-order valence-corrected chi connectivity index (χ2v) is 12.0. The van der Waals surface area contributed by atoms with E-state index in [9.17, 15) is 14.7 Å². The third kappa shape index (κ3) is 7.43. The van der Waals surface area contributed by atoms with Crippen LogP contribution in [0.2, 0.25) is 10.0 Å². The van der Waals surface area contributed by atoms with Crippen LogP contribution in [-0.4, -0.2) is 34.2 Å². The van der Waals surface area contributed by atoms with Gasteiger partial charge in [0, 0.05) is 15.6 Å². The molecule has 0 aliphatic carbocycles. The van der Waals surface area contributed by atoms with E-state index in [1.54, 1.807) is 47.4 Å². The Balaban J connectivity index is 1.43. The Morgan fingerprint density at radius 1 is 1.05 bits per heavy atom. The number of aliphatic imine (C=N–C) groups is 1. The molecular formula is C32H23BrCl2N2O5S. The van der Waals surface area contributed by atoms with Crippen LogP contribution in [-0.2, 0) is 17.9 Å². The second kappa shape index (κ2) is 13.7. The van der Waals surface area contributed by atoms with Crippen LogP contribution in [0, 0.1) is 0 Å². The van der Waals surface area contributed by atoms with Crippen LogP contribution >= 0.6 is 50.9 Å². The molecule has 5 rings (SSSR count). The molecule has 0 bridgehead atoms. The first-order valence-electron chi connectivity index (χ1n) is 12.8. The number of carbonyl (C=O) groups is 2. The maximum atomic E-state index is 13.7. The number of halogens is 3. The summed E-state index contributed by atoms with van der Waals surface area (Å²) in [4.78, 5) is 31.7. The number of hydrogen-bond acceptors (Lipinski definition) is 6. The highest BCUT2D eigenvalue weighted by molar-refractivity contribution is 9.10. The first-order chi connectivity index (χ1) is 20.7. The number of amides is 1. The maximum absolute atomic E-state index is 13.7. The quantitative estimate of drug-likeness (QED) is 0.176. The Kier molecular flexibility index (Phi) is 9.77. The number of para-hydroxylation sites is 1. The van der Waals surface area contributed by atoms with Crippen molar-refractivity contribution in [3.05, 3.63) is 127 Å². The molecule has 1 heterocycles. The molecule has 1 saturated heterocycles. The average molecular weight is 698 g/mol. The van der Waals surface area contributed by atoms with Gasteiger partial charge in [-0.3, -0.25) is 9.69 Å². The Hall–Kier alpha value is -3.76. The number of thioether (sulfide) groups is 1. The van der Waals surface area contributed by atoms with E-state index in [0.29, 0.717) is 47.3 Å². The third-order valence-corrected chi connectivity index (χ3v) is 8.53. The minimum absolute atomic E-state index is 0.174. The molecule has 4 aromatic carbocycles. The smallest absolute Gasteiger partial charge is 0.335 e. The van der Waals surface area contributed by atoms with Gasteiger partial charge in [0.25, 0.3) is 5.91 Å². The Morgan fingerprint density at radius 2 is 1.79 bits per heavy atom. The number of carboxylic acid groups (broad SMARTS) is 1. The predicted molar refractivity (Wildman–Crippen MR) is 175 cm³/mol. The van der Waals surface area contributed by atoms with Gasteiger partial charge in [0.05, 0.1) is 34.3 Å². The summed E-state index contributed by atoms with van der Waals surface area (Å²) in [6, 6.07) is 24.6. The highest BCUT2D eigenvalue weighted by atomic mass is 79.9. The molecule has 218 valence electrons. The van der Waals surface area contributed by atoms with Crippen molar-refractivity contribution >= 4 is 79.7 Å². The molecule has 0 saturated carbocycles. The van der Waals surface area contributed by atoms with E-state index in [-0.39, 0.29) is 24.6 Å². The number of carbonyl (C=O) groups excluding carboxylic acids is 1. The summed E-state index contributed by atoms with van der Waals surface area (Å²) in [6.45, 7) is 0.420. The van der Waals surface area contributed by atoms with Crippen LogP contribution < -0.4 is 9.47 Å². The van der Waals surface area contributed by atoms with Gasteiger partial charge in [-0.15, -0.1) is 0 Å². The molecule has 1 aliphatic heterocycles. The first kappa shape index (κ1) is 30.7. The van der Waals surface area contributed by atoms with Crippen LogP contribution in [0.4, 0.5) is 5.69 Å². The topological polar surface area (TPSA) is 88.4 Å². The van der Waals surface area contributed by atoms with E-state index in [1.165, 1.54) is 31.0 Å². The number of hydrogen-bond donors (Lipinski definition) is 1. The van der Waals surface area contributed by atoms with Crippen LogP contribution in [0.15, 0.2) is 99.3 Å². The lowest BCUT2D eigenvalue weighted by Crippen LogP contribution is -2.28. The maximum Gasteiger partial charge on any atom is 0.335 e. The lowest BCUT2D eigenvalue weighted by molar-refractivity contribution is -0.122. The lowest BCUT2D eigenvalue weighted by Gasteiger charge is -2.16. The average Bonchev–Trinajstić information content (AvgIpc) is 3.26. The largest absolute Gasteiger partial charge is 0.493 e. The third-order valence-electron chi connectivity index (χ3n) is 6.35. The second-order valence-electron chi connectivity index (χ2n) is 9.29. The van der Waals surface area contributed by atoms with Crippen LogP contribution in [0.5, 0.6) is 11.5 Å². The highest BCUT2D eigenvalue weighted by Gasteiger charge is 2.33. The number of methoxy groups -OCH3 is 1. The number of carboxylic acids is 1. The highest BCUT2D eigenvalue weighted by Crippen LogP contribution is 2.40. The summed E-state index contributed by atoms with van der Waals surface area (Å²) >= 11 is 17.1. The molecule has 7 nitrogen and oxygen atoms in total. The molecule has 0 atom stereocenters. The lowest BCUT2D eigenvalue weighted by atomic mass is 10.1. The van der Waals surface area contributed by atoms with Crippen molar-refractivity contribution in [2.24, 2.45) is 4.99 Å². The minimum atomic E-state index is -1.01. The molecule has 0 radical (unpaired) electrons. The van der Waals surface area contributed by atoms with Crippen LogP contribution in [0.1, 0.15) is 27.0 Å². The Labute approximate surface area is 270 Å². The van der Waals surface area contributed by atoms with Gasteiger partial charge in [-0.25, -0.2) is 9.79 Å². The van der Waals surface area contributed by atoms with Crippen molar-refractivity contribution in [3.8, 4) is 11.5 Å². The fourth-order valence-electron chi connectivity index (χ4n) is 4.18. The normalized spacial score (nSPS) is 14.9. The van der Waals surface area contributed by atoms with Gasteiger partial charge >= 0.3 is 5.97 Å². The number of amidine groups is 1. The molecule has 0 aromatic heterocycles. The van der Waals surface area contributed by atoms with Crippen molar-refractivity contribution in [1.29, 1.82) is 0 Å². The van der Waals surface area contributed by atoms with Crippen LogP contribution in [0.3, 0.4) is 0 Å². The number of aromatic carboxylic acids is 1. The Morgan fingerprint density at radius 3 is 2.47 bits per heavy atom. The zero-order valence-electron chi connectivity index (χ0n) is 22.6. The minimum Gasteiger partial charge on any atom is -0.493 e. The molecule has 1 aliphatic rings.